The molecule has 5 nitrogen and oxygen atoms in total. The molecule has 2 aromatic rings. The number of likely N-dealkylation sites (N-methyl/N-ethyl adjacent to an activating group) is 1. The minimum absolute atomic E-state index is 0.249. The summed E-state index contributed by atoms with van der Waals surface area (Å²) in [6.45, 7) is 6.74. The van der Waals surface area contributed by atoms with Crippen molar-refractivity contribution in [1.29, 1.82) is 0 Å². The molecular formula is C16H23N3O2. The van der Waals surface area contributed by atoms with E-state index in [-0.39, 0.29) is 5.97 Å². The second-order valence-corrected chi connectivity index (χ2v) is 5.69. The molecule has 1 aromatic carbocycles. The van der Waals surface area contributed by atoms with Crippen LogP contribution in [0.15, 0.2) is 18.5 Å². The Labute approximate surface area is 125 Å². The van der Waals surface area contributed by atoms with Crippen LogP contribution >= 0.6 is 0 Å². The number of hydrogen-bond donors (Lipinski definition) is 1. The lowest BCUT2D eigenvalue weighted by molar-refractivity contribution is -0.148. The van der Waals surface area contributed by atoms with E-state index in [0.717, 1.165) is 11.0 Å². The number of methoxy groups -OCH3 is 1. The average molecular weight is 289 g/mol. The molecule has 2 rings (SSSR count). The summed E-state index contributed by atoms with van der Waals surface area (Å²) in [5.74, 6) is -0.249. The van der Waals surface area contributed by atoms with Crippen molar-refractivity contribution in [1.82, 2.24) is 14.9 Å². The third-order valence-corrected chi connectivity index (χ3v) is 4.28. The molecule has 1 N–H and O–H groups in total. The van der Waals surface area contributed by atoms with E-state index in [4.69, 9.17) is 4.74 Å². The molecule has 0 fully saturated rings. The van der Waals surface area contributed by atoms with Gasteiger partial charge in [0.05, 0.1) is 24.5 Å². The lowest BCUT2D eigenvalue weighted by Crippen LogP contribution is -2.48. The van der Waals surface area contributed by atoms with E-state index in [1.807, 2.05) is 13.3 Å². The van der Waals surface area contributed by atoms with E-state index in [1.165, 1.54) is 18.2 Å². The van der Waals surface area contributed by atoms with Crippen molar-refractivity contribution in [2.75, 3.05) is 14.2 Å². The number of rotatable bonds is 5. The fourth-order valence-electron chi connectivity index (χ4n) is 2.39. The van der Waals surface area contributed by atoms with Crippen molar-refractivity contribution in [2.45, 2.75) is 39.3 Å². The first-order valence-corrected chi connectivity index (χ1v) is 7.10. The molecule has 0 bridgehead atoms. The summed E-state index contributed by atoms with van der Waals surface area (Å²) in [5, 5.41) is 3.05. The van der Waals surface area contributed by atoms with E-state index in [0.29, 0.717) is 13.0 Å². The Morgan fingerprint density at radius 1 is 1.38 bits per heavy atom. The molecule has 1 heterocycles. The Kier molecular flexibility index (Phi) is 4.32. The summed E-state index contributed by atoms with van der Waals surface area (Å²) in [7, 11) is 3.19. The monoisotopic (exact) mass is 289 g/mol. The van der Waals surface area contributed by atoms with Gasteiger partial charge >= 0.3 is 5.97 Å². The smallest absolute Gasteiger partial charge is 0.325 e. The minimum Gasteiger partial charge on any atom is -0.468 e. The molecule has 1 unspecified atom stereocenters. The van der Waals surface area contributed by atoms with Crippen LogP contribution in [0.4, 0.5) is 0 Å². The second kappa shape index (κ2) is 5.85. The zero-order valence-corrected chi connectivity index (χ0v) is 13.4. The summed E-state index contributed by atoms with van der Waals surface area (Å²) in [4.78, 5) is 16.3. The van der Waals surface area contributed by atoms with Crippen molar-refractivity contribution in [3.05, 3.63) is 29.6 Å². The number of benzene rings is 1. The summed E-state index contributed by atoms with van der Waals surface area (Å²) < 4.78 is 6.96. The van der Waals surface area contributed by atoms with Crippen LogP contribution in [0, 0.1) is 13.8 Å². The minimum atomic E-state index is -0.689. The molecule has 0 saturated carbocycles. The van der Waals surface area contributed by atoms with Gasteiger partial charge in [0.2, 0.25) is 0 Å². The normalized spacial score (nSPS) is 14.1. The summed E-state index contributed by atoms with van der Waals surface area (Å²) in [5.41, 5.74) is 3.88. The Bertz CT molecular complexity index is 663. The number of hydrogen-bond acceptors (Lipinski definition) is 4. The standard InChI is InChI=1S/C16H23N3O2/c1-11-8-13-14(9-12(11)2)19(10-18-13)7-6-16(3,17-4)15(20)21-5/h8-10,17H,6-7H2,1-5H3. The molecule has 5 heteroatoms. The molecular weight excluding hydrogens is 266 g/mol. The van der Waals surface area contributed by atoms with Gasteiger partial charge in [0.1, 0.15) is 5.54 Å². The fraction of sp³-hybridized carbons (Fsp3) is 0.500. The van der Waals surface area contributed by atoms with Crippen LogP contribution in [0.5, 0.6) is 0 Å². The SMILES string of the molecule is CNC(C)(CCn1cnc2cc(C)c(C)cc21)C(=O)OC. The van der Waals surface area contributed by atoms with Crippen LogP contribution in [0.2, 0.25) is 0 Å². The number of nitrogens with zero attached hydrogens (tertiary/aromatic N) is 2. The number of aryl methyl sites for hydroxylation is 3. The van der Waals surface area contributed by atoms with Gasteiger partial charge in [0.25, 0.3) is 0 Å². The van der Waals surface area contributed by atoms with Gasteiger partial charge in [-0.15, -0.1) is 0 Å². The first-order valence-electron chi connectivity index (χ1n) is 7.10. The van der Waals surface area contributed by atoms with Gasteiger partial charge in [-0.3, -0.25) is 4.79 Å². The summed E-state index contributed by atoms with van der Waals surface area (Å²) in [6, 6.07) is 4.24. The van der Waals surface area contributed by atoms with Gasteiger partial charge in [-0.2, -0.15) is 0 Å². The highest BCUT2D eigenvalue weighted by Crippen LogP contribution is 2.20. The zero-order chi connectivity index (χ0) is 15.6. The molecule has 21 heavy (non-hydrogen) atoms. The number of carbonyl (C=O) groups excluding carboxylic acids is 1. The van der Waals surface area contributed by atoms with Crippen molar-refractivity contribution >= 4 is 17.0 Å². The maximum absolute atomic E-state index is 11.9. The molecule has 1 aromatic heterocycles. The largest absolute Gasteiger partial charge is 0.468 e. The third kappa shape index (κ3) is 2.93. The highest BCUT2D eigenvalue weighted by molar-refractivity contribution is 5.80. The fourth-order valence-corrected chi connectivity index (χ4v) is 2.39. The van der Waals surface area contributed by atoms with Gasteiger partial charge < -0.3 is 14.6 Å². The van der Waals surface area contributed by atoms with Gasteiger partial charge in [0.15, 0.2) is 0 Å². The maximum Gasteiger partial charge on any atom is 0.325 e. The van der Waals surface area contributed by atoms with E-state index in [9.17, 15) is 4.79 Å². The van der Waals surface area contributed by atoms with Gasteiger partial charge in [-0.25, -0.2) is 4.98 Å². The molecule has 0 aliphatic carbocycles. The van der Waals surface area contributed by atoms with Crippen LogP contribution in [-0.2, 0) is 16.1 Å². The number of aromatic nitrogens is 2. The molecule has 0 spiro atoms. The average Bonchev–Trinajstić information content (AvgIpc) is 2.86. The summed E-state index contributed by atoms with van der Waals surface area (Å²) >= 11 is 0. The number of nitrogens with one attached hydrogen (secondary N) is 1. The van der Waals surface area contributed by atoms with Crippen molar-refractivity contribution in [3.8, 4) is 0 Å². The van der Waals surface area contributed by atoms with Crippen LogP contribution in [0.1, 0.15) is 24.5 Å². The quantitative estimate of drug-likeness (QED) is 0.857. The first-order chi connectivity index (χ1) is 9.91. The van der Waals surface area contributed by atoms with Crippen LogP contribution in [-0.4, -0.2) is 35.2 Å². The van der Waals surface area contributed by atoms with Crippen molar-refractivity contribution < 1.29 is 9.53 Å². The molecule has 0 aliphatic heterocycles. The number of esters is 1. The Morgan fingerprint density at radius 2 is 2.05 bits per heavy atom. The number of fused-ring (bicyclic) bond motifs is 1. The van der Waals surface area contributed by atoms with E-state index < -0.39 is 5.54 Å². The van der Waals surface area contributed by atoms with Crippen molar-refractivity contribution in [3.63, 3.8) is 0 Å². The highest BCUT2D eigenvalue weighted by Gasteiger charge is 2.32. The highest BCUT2D eigenvalue weighted by atomic mass is 16.5. The lowest BCUT2D eigenvalue weighted by atomic mass is 9.98. The zero-order valence-electron chi connectivity index (χ0n) is 13.4. The van der Waals surface area contributed by atoms with Crippen LogP contribution < -0.4 is 5.32 Å². The second-order valence-electron chi connectivity index (χ2n) is 5.69. The Hall–Kier alpha value is -1.88. The molecule has 0 aliphatic rings. The number of imidazole rings is 1. The van der Waals surface area contributed by atoms with Crippen LogP contribution in [0.25, 0.3) is 11.0 Å². The predicted molar refractivity (Wildman–Crippen MR) is 83.3 cm³/mol. The number of ether oxygens (including phenoxy) is 1. The first kappa shape index (κ1) is 15.5. The van der Waals surface area contributed by atoms with E-state index in [1.54, 1.807) is 7.05 Å². The van der Waals surface area contributed by atoms with E-state index >= 15 is 0 Å². The number of carbonyl (C=O) groups is 1. The molecule has 114 valence electrons. The third-order valence-electron chi connectivity index (χ3n) is 4.28. The topological polar surface area (TPSA) is 56.2 Å². The lowest BCUT2D eigenvalue weighted by Gasteiger charge is -2.26. The predicted octanol–water partition coefficient (Wildman–Crippen LogP) is 2.19. The van der Waals surface area contributed by atoms with Gasteiger partial charge in [-0.1, -0.05) is 0 Å². The maximum atomic E-state index is 11.9. The van der Waals surface area contributed by atoms with Crippen LogP contribution in [0.3, 0.4) is 0 Å². The molecule has 0 saturated heterocycles. The van der Waals surface area contributed by atoms with Gasteiger partial charge in [0, 0.05) is 6.54 Å². The Morgan fingerprint density at radius 3 is 2.67 bits per heavy atom. The molecule has 0 radical (unpaired) electrons. The van der Waals surface area contributed by atoms with Gasteiger partial charge in [-0.05, 0) is 57.5 Å². The van der Waals surface area contributed by atoms with E-state index in [2.05, 4.69) is 40.8 Å². The molecule has 1 atom stereocenters. The Balaban J connectivity index is 2.24. The molecule has 0 amide bonds. The summed E-state index contributed by atoms with van der Waals surface area (Å²) in [6.07, 6.45) is 2.46. The van der Waals surface area contributed by atoms with Crippen molar-refractivity contribution in [2.24, 2.45) is 0 Å².